The second kappa shape index (κ2) is 5.65. The Morgan fingerprint density at radius 2 is 1.62 bits per heavy atom. The fourth-order valence-electron chi connectivity index (χ4n) is 1.40. The van der Waals surface area contributed by atoms with Crippen LogP contribution in [-0.2, 0) is 0 Å². The smallest absolute Gasteiger partial charge is 0.327 e. The van der Waals surface area contributed by atoms with E-state index in [-0.39, 0.29) is 0 Å². The third-order valence-corrected chi connectivity index (χ3v) is 5.38. The molecule has 0 heterocycles. The van der Waals surface area contributed by atoms with Gasteiger partial charge in [0.1, 0.15) is 8.96 Å². The number of alkyl halides is 3. The van der Waals surface area contributed by atoms with Gasteiger partial charge in [0.05, 0.1) is 0 Å². The van der Waals surface area contributed by atoms with E-state index in [1.54, 1.807) is 0 Å². The Bertz CT molecular complexity index is 134. The van der Waals surface area contributed by atoms with Crippen molar-refractivity contribution in [3.05, 3.63) is 0 Å². The lowest BCUT2D eigenvalue weighted by Crippen LogP contribution is -2.37. The summed E-state index contributed by atoms with van der Waals surface area (Å²) in [4.78, 5) is 0. The SMILES string of the molecule is CCN(CC)[SiH](C)CCC(F)(F)F. The van der Waals surface area contributed by atoms with Crippen LogP contribution in [0.2, 0.25) is 12.6 Å². The van der Waals surface area contributed by atoms with Crippen molar-refractivity contribution in [2.45, 2.75) is 39.0 Å². The molecule has 80 valence electrons. The van der Waals surface area contributed by atoms with Gasteiger partial charge in [-0.2, -0.15) is 13.2 Å². The molecule has 5 heteroatoms. The average molecular weight is 213 g/mol. The van der Waals surface area contributed by atoms with Crippen LogP contribution in [0.3, 0.4) is 0 Å². The van der Waals surface area contributed by atoms with Gasteiger partial charge in [0.2, 0.25) is 0 Å². The third kappa shape index (κ3) is 6.09. The first-order valence-electron chi connectivity index (χ1n) is 4.71. The molecule has 0 aromatic carbocycles. The predicted molar refractivity (Wildman–Crippen MR) is 51.4 cm³/mol. The summed E-state index contributed by atoms with van der Waals surface area (Å²) in [6.07, 6.45) is -4.59. The molecule has 0 radical (unpaired) electrons. The normalized spacial score (nSPS) is 15.0. The van der Waals surface area contributed by atoms with E-state index in [1.165, 1.54) is 0 Å². The highest BCUT2D eigenvalue weighted by molar-refractivity contribution is 6.54. The van der Waals surface area contributed by atoms with Gasteiger partial charge < -0.3 is 4.57 Å². The van der Waals surface area contributed by atoms with Crippen LogP contribution >= 0.6 is 0 Å². The van der Waals surface area contributed by atoms with E-state index in [0.29, 0.717) is 6.04 Å². The average Bonchev–Trinajstić information content (AvgIpc) is 2.02. The monoisotopic (exact) mass is 213 g/mol. The van der Waals surface area contributed by atoms with Crippen LogP contribution in [-0.4, -0.2) is 32.8 Å². The molecule has 0 aliphatic heterocycles. The summed E-state index contributed by atoms with van der Waals surface area (Å²) in [6, 6.07) is 0.338. The largest absolute Gasteiger partial charge is 0.388 e. The minimum Gasteiger partial charge on any atom is -0.327 e. The Morgan fingerprint density at radius 1 is 1.15 bits per heavy atom. The summed E-state index contributed by atoms with van der Waals surface area (Å²) in [5.74, 6) is 0. The highest BCUT2D eigenvalue weighted by Crippen LogP contribution is 2.23. The molecule has 0 aliphatic rings. The van der Waals surface area contributed by atoms with Gasteiger partial charge in [0.15, 0.2) is 0 Å². The molecule has 0 spiro atoms. The zero-order valence-corrected chi connectivity index (χ0v) is 9.64. The van der Waals surface area contributed by atoms with Gasteiger partial charge >= 0.3 is 6.18 Å². The summed E-state index contributed by atoms with van der Waals surface area (Å²) in [5.41, 5.74) is 0. The minimum atomic E-state index is -3.98. The van der Waals surface area contributed by atoms with Crippen molar-refractivity contribution in [1.82, 2.24) is 4.57 Å². The Balaban J connectivity index is 3.78. The maximum absolute atomic E-state index is 11.9. The highest BCUT2D eigenvalue weighted by atomic mass is 28.3. The lowest BCUT2D eigenvalue weighted by molar-refractivity contribution is -0.130. The first kappa shape index (κ1) is 13.0. The Morgan fingerprint density at radius 3 is 1.92 bits per heavy atom. The molecule has 1 atom stereocenters. The van der Waals surface area contributed by atoms with E-state index in [0.717, 1.165) is 13.1 Å². The van der Waals surface area contributed by atoms with E-state index < -0.39 is 21.6 Å². The molecule has 0 rings (SSSR count). The zero-order chi connectivity index (χ0) is 10.5. The lowest BCUT2D eigenvalue weighted by atomic mass is 10.5. The van der Waals surface area contributed by atoms with Crippen LogP contribution in [0.15, 0.2) is 0 Å². The van der Waals surface area contributed by atoms with Crippen molar-refractivity contribution in [2.75, 3.05) is 13.1 Å². The van der Waals surface area contributed by atoms with Crippen LogP contribution in [0.4, 0.5) is 13.2 Å². The second-order valence-electron chi connectivity index (χ2n) is 3.22. The van der Waals surface area contributed by atoms with Gasteiger partial charge in [0, 0.05) is 6.42 Å². The second-order valence-corrected chi connectivity index (χ2v) is 6.23. The van der Waals surface area contributed by atoms with Crippen LogP contribution in [0.1, 0.15) is 20.3 Å². The number of halogens is 3. The first-order valence-corrected chi connectivity index (χ1v) is 7.20. The standard InChI is InChI=1S/C8H18F3NSi/c1-4-12(5-2)13(3)7-6-8(9,10)11/h13H,4-7H2,1-3H3. The van der Waals surface area contributed by atoms with Crippen molar-refractivity contribution in [1.29, 1.82) is 0 Å². The fraction of sp³-hybridized carbons (Fsp3) is 1.00. The minimum absolute atomic E-state index is 0.338. The van der Waals surface area contributed by atoms with Crippen molar-refractivity contribution >= 4 is 8.96 Å². The van der Waals surface area contributed by atoms with Gasteiger partial charge in [-0.25, -0.2) is 0 Å². The van der Waals surface area contributed by atoms with Gasteiger partial charge in [-0.15, -0.1) is 0 Å². The van der Waals surface area contributed by atoms with E-state index in [9.17, 15) is 13.2 Å². The van der Waals surface area contributed by atoms with Gasteiger partial charge in [-0.05, 0) is 19.1 Å². The molecule has 0 aromatic heterocycles. The number of hydrogen-bond donors (Lipinski definition) is 0. The summed E-state index contributed by atoms with van der Waals surface area (Å²) in [5, 5.41) is 0. The molecular weight excluding hydrogens is 195 g/mol. The molecule has 1 nitrogen and oxygen atoms in total. The highest BCUT2D eigenvalue weighted by Gasteiger charge is 2.28. The number of nitrogens with zero attached hydrogens (tertiary/aromatic N) is 1. The van der Waals surface area contributed by atoms with E-state index in [4.69, 9.17) is 0 Å². The summed E-state index contributed by atoms with van der Waals surface area (Å²) in [7, 11) is -1.30. The maximum Gasteiger partial charge on any atom is 0.388 e. The lowest BCUT2D eigenvalue weighted by Gasteiger charge is -2.25. The number of hydrogen-bond acceptors (Lipinski definition) is 1. The molecule has 0 aliphatic carbocycles. The summed E-state index contributed by atoms with van der Waals surface area (Å²) in [6.45, 7) is 7.74. The summed E-state index contributed by atoms with van der Waals surface area (Å²) >= 11 is 0. The van der Waals surface area contributed by atoms with Crippen molar-refractivity contribution in [3.8, 4) is 0 Å². The molecule has 0 aromatic rings. The number of rotatable bonds is 5. The molecule has 0 fully saturated rings. The molecule has 1 unspecified atom stereocenters. The quantitative estimate of drug-likeness (QED) is 0.635. The van der Waals surface area contributed by atoms with Crippen LogP contribution < -0.4 is 0 Å². The molecule has 0 saturated heterocycles. The van der Waals surface area contributed by atoms with Crippen LogP contribution in [0, 0.1) is 0 Å². The van der Waals surface area contributed by atoms with Gasteiger partial charge in [0.25, 0.3) is 0 Å². The molecular formula is C8H18F3NSi. The Kier molecular flexibility index (Phi) is 5.63. The van der Waals surface area contributed by atoms with Gasteiger partial charge in [-0.1, -0.05) is 20.4 Å². The molecule has 0 saturated carbocycles. The van der Waals surface area contributed by atoms with Crippen molar-refractivity contribution < 1.29 is 13.2 Å². The van der Waals surface area contributed by atoms with Crippen LogP contribution in [0.5, 0.6) is 0 Å². The van der Waals surface area contributed by atoms with Crippen molar-refractivity contribution in [2.24, 2.45) is 0 Å². The van der Waals surface area contributed by atoms with Crippen LogP contribution in [0.25, 0.3) is 0 Å². The van der Waals surface area contributed by atoms with E-state index in [1.807, 2.05) is 20.4 Å². The molecule has 0 N–H and O–H groups in total. The Hall–Kier alpha value is -0.0331. The Labute approximate surface area is 79.6 Å². The predicted octanol–water partition coefficient (Wildman–Crippen LogP) is 2.63. The first-order chi connectivity index (χ1) is 5.90. The van der Waals surface area contributed by atoms with Crippen molar-refractivity contribution in [3.63, 3.8) is 0 Å². The van der Waals surface area contributed by atoms with E-state index >= 15 is 0 Å². The molecule has 0 bridgehead atoms. The summed E-state index contributed by atoms with van der Waals surface area (Å²) < 4.78 is 37.8. The maximum atomic E-state index is 11.9. The molecule has 0 amide bonds. The zero-order valence-electron chi connectivity index (χ0n) is 8.49. The molecule has 13 heavy (non-hydrogen) atoms. The third-order valence-electron chi connectivity index (χ3n) is 2.28. The topological polar surface area (TPSA) is 3.24 Å². The fourth-order valence-corrected chi connectivity index (χ4v) is 3.76. The van der Waals surface area contributed by atoms with E-state index in [2.05, 4.69) is 4.57 Å². The van der Waals surface area contributed by atoms with Gasteiger partial charge in [-0.3, -0.25) is 0 Å².